The molecular formula is C33H45N3O4S. The molecular weight excluding hydrogens is 534 g/mol. The third-order valence-corrected chi connectivity index (χ3v) is 10.7. The summed E-state index contributed by atoms with van der Waals surface area (Å²) < 4.78 is 23.5. The van der Waals surface area contributed by atoms with Crippen LogP contribution in [0, 0.1) is 11.3 Å². The lowest BCUT2D eigenvalue weighted by Crippen LogP contribution is -2.45. The molecule has 2 saturated heterocycles. The Morgan fingerprint density at radius 3 is 2.20 bits per heavy atom. The quantitative estimate of drug-likeness (QED) is 0.417. The molecule has 5 rings (SSSR count). The van der Waals surface area contributed by atoms with Crippen LogP contribution in [0.1, 0.15) is 81.4 Å². The monoisotopic (exact) mass is 579 g/mol. The van der Waals surface area contributed by atoms with E-state index in [9.17, 15) is 18.0 Å². The van der Waals surface area contributed by atoms with E-state index in [1.54, 1.807) is 12.1 Å². The number of amides is 2. The van der Waals surface area contributed by atoms with Crippen molar-refractivity contribution in [2.45, 2.75) is 81.7 Å². The SMILES string of the molecule is CS(=O)(=O)c1ccc(CN2CCC3(CCN(CCC(NC(=O)C4CCCCCC4)c4ccccc4)CC3)C2=O)cc1. The summed E-state index contributed by atoms with van der Waals surface area (Å²) in [6.07, 6.45) is 11.4. The second-order valence-corrected chi connectivity index (χ2v) is 14.5. The average Bonchev–Trinajstić information content (AvgIpc) is 3.14. The fraction of sp³-hybridized carbons (Fsp3) is 0.576. The largest absolute Gasteiger partial charge is 0.349 e. The number of benzene rings is 2. The zero-order valence-electron chi connectivity index (χ0n) is 24.4. The molecule has 2 amide bonds. The summed E-state index contributed by atoms with van der Waals surface area (Å²) >= 11 is 0. The number of likely N-dealkylation sites (tertiary alicyclic amines) is 2. The van der Waals surface area contributed by atoms with E-state index >= 15 is 0 Å². The van der Waals surface area contributed by atoms with Crippen molar-refractivity contribution in [3.05, 3.63) is 65.7 Å². The van der Waals surface area contributed by atoms with Crippen LogP contribution in [0.3, 0.4) is 0 Å². The summed E-state index contributed by atoms with van der Waals surface area (Å²) in [7, 11) is -3.23. The van der Waals surface area contributed by atoms with Gasteiger partial charge in [-0.25, -0.2) is 8.42 Å². The van der Waals surface area contributed by atoms with Crippen LogP contribution in [0.5, 0.6) is 0 Å². The number of carbonyl (C=O) groups excluding carboxylic acids is 2. The molecule has 1 aliphatic carbocycles. The zero-order chi connectivity index (χ0) is 28.9. The smallest absolute Gasteiger partial charge is 0.229 e. The van der Waals surface area contributed by atoms with E-state index in [1.807, 2.05) is 35.2 Å². The first-order valence-corrected chi connectivity index (χ1v) is 17.3. The minimum atomic E-state index is -3.23. The summed E-state index contributed by atoms with van der Waals surface area (Å²) in [6.45, 7) is 3.94. The van der Waals surface area contributed by atoms with Crippen LogP contribution < -0.4 is 5.32 Å². The van der Waals surface area contributed by atoms with Gasteiger partial charge >= 0.3 is 0 Å². The van der Waals surface area contributed by atoms with Gasteiger partial charge in [-0.1, -0.05) is 68.1 Å². The Bertz CT molecular complexity index is 1280. The first-order chi connectivity index (χ1) is 19.7. The highest BCUT2D eigenvalue weighted by molar-refractivity contribution is 7.90. The van der Waals surface area contributed by atoms with Crippen LogP contribution in [0.4, 0.5) is 0 Å². The molecule has 3 fully saturated rings. The first kappa shape index (κ1) is 29.8. The zero-order valence-corrected chi connectivity index (χ0v) is 25.2. The molecule has 0 aromatic heterocycles. The Hall–Kier alpha value is -2.71. The van der Waals surface area contributed by atoms with Gasteiger partial charge in [0.2, 0.25) is 11.8 Å². The van der Waals surface area contributed by atoms with Crippen molar-refractivity contribution < 1.29 is 18.0 Å². The topological polar surface area (TPSA) is 86.8 Å². The third kappa shape index (κ3) is 7.39. The highest BCUT2D eigenvalue weighted by Crippen LogP contribution is 2.42. The van der Waals surface area contributed by atoms with Gasteiger partial charge in [0, 0.05) is 31.8 Å². The summed E-state index contributed by atoms with van der Waals surface area (Å²) in [5.74, 6) is 0.579. The molecule has 2 aliphatic heterocycles. The van der Waals surface area contributed by atoms with Gasteiger partial charge in [0.1, 0.15) is 0 Å². The Morgan fingerprint density at radius 2 is 1.56 bits per heavy atom. The summed E-state index contributed by atoms with van der Waals surface area (Å²) in [4.78, 5) is 31.5. The van der Waals surface area contributed by atoms with Crippen LogP contribution >= 0.6 is 0 Å². The molecule has 1 atom stereocenters. The van der Waals surface area contributed by atoms with E-state index in [2.05, 4.69) is 22.3 Å². The number of rotatable bonds is 9. The molecule has 2 aromatic rings. The minimum Gasteiger partial charge on any atom is -0.349 e. The molecule has 1 unspecified atom stereocenters. The van der Waals surface area contributed by atoms with Crippen molar-refractivity contribution in [3.63, 3.8) is 0 Å². The summed E-state index contributed by atoms with van der Waals surface area (Å²) in [6, 6.07) is 17.2. The van der Waals surface area contributed by atoms with Gasteiger partial charge in [0.25, 0.3) is 0 Å². The summed E-state index contributed by atoms with van der Waals surface area (Å²) in [5, 5.41) is 3.41. The minimum absolute atomic E-state index is 0.000489. The van der Waals surface area contributed by atoms with E-state index in [-0.39, 0.29) is 29.2 Å². The molecule has 1 N–H and O–H groups in total. The lowest BCUT2D eigenvalue weighted by atomic mass is 9.77. The molecule has 2 aromatic carbocycles. The van der Waals surface area contributed by atoms with Crippen LogP contribution in [-0.4, -0.2) is 62.5 Å². The number of piperidine rings is 1. The Kier molecular flexibility index (Phi) is 9.49. The van der Waals surface area contributed by atoms with Gasteiger partial charge in [-0.3, -0.25) is 9.59 Å². The molecule has 3 aliphatic rings. The molecule has 1 saturated carbocycles. The van der Waals surface area contributed by atoms with Crippen LogP contribution in [0.25, 0.3) is 0 Å². The van der Waals surface area contributed by atoms with E-state index in [4.69, 9.17) is 0 Å². The normalized spacial score (nSPS) is 21.1. The maximum Gasteiger partial charge on any atom is 0.229 e. The second kappa shape index (κ2) is 13.1. The summed E-state index contributed by atoms with van der Waals surface area (Å²) in [5.41, 5.74) is 1.84. The van der Waals surface area contributed by atoms with Crippen LogP contribution in [0.2, 0.25) is 0 Å². The standard InChI is InChI=1S/C33H45N3O4S/c1-41(39,40)29-15-13-26(14-16-29)25-36-24-20-33(32(36)38)18-22-35(23-19-33)21-17-30(27-9-7-4-8-10-27)34-31(37)28-11-5-2-3-6-12-28/h4,7-10,13-16,28,30H,2-3,5-6,11-12,17-25H2,1H3,(H,34,37). The van der Waals surface area contributed by atoms with E-state index in [1.165, 1.54) is 19.1 Å². The Morgan fingerprint density at radius 1 is 0.927 bits per heavy atom. The number of hydrogen-bond donors (Lipinski definition) is 1. The average molecular weight is 580 g/mol. The maximum atomic E-state index is 13.5. The molecule has 1 spiro atoms. The number of hydrogen-bond acceptors (Lipinski definition) is 5. The maximum absolute atomic E-state index is 13.5. The van der Waals surface area contributed by atoms with Gasteiger partial charge in [-0.15, -0.1) is 0 Å². The predicted octanol–water partition coefficient (Wildman–Crippen LogP) is 5.12. The lowest BCUT2D eigenvalue weighted by Gasteiger charge is -2.38. The van der Waals surface area contributed by atoms with E-state index in [0.717, 1.165) is 88.7 Å². The van der Waals surface area contributed by atoms with Gasteiger partial charge < -0.3 is 15.1 Å². The number of sulfone groups is 1. The van der Waals surface area contributed by atoms with Crippen molar-refractivity contribution in [2.24, 2.45) is 11.3 Å². The van der Waals surface area contributed by atoms with Gasteiger partial charge in [-0.2, -0.15) is 0 Å². The number of carbonyl (C=O) groups is 2. The third-order valence-electron chi connectivity index (χ3n) is 9.62. The Balaban J connectivity index is 1.14. The number of nitrogens with one attached hydrogen (secondary N) is 1. The van der Waals surface area contributed by atoms with Crippen molar-refractivity contribution in [1.82, 2.24) is 15.1 Å². The van der Waals surface area contributed by atoms with Crippen molar-refractivity contribution in [3.8, 4) is 0 Å². The highest BCUT2D eigenvalue weighted by Gasteiger charge is 2.47. The molecule has 222 valence electrons. The van der Waals surface area contributed by atoms with Crippen LogP contribution in [0.15, 0.2) is 59.5 Å². The van der Waals surface area contributed by atoms with Crippen LogP contribution in [-0.2, 0) is 26.0 Å². The van der Waals surface area contributed by atoms with Crippen molar-refractivity contribution in [2.75, 3.05) is 32.4 Å². The molecule has 7 nitrogen and oxygen atoms in total. The molecule has 2 heterocycles. The second-order valence-electron chi connectivity index (χ2n) is 12.5. The Labute approximate surface area is 245 Å². The predicted molar refractivity (Wildman–Crippen MR) is 161 cm³/mol. The van der Waals surface area contributed by atoms with Gasteiger partial charge in [-0.05, 0) is 74.9 Å². The molecule has 41 heavy (non-hydrogen) atoms. The fourth-order valence-corrected chi connectivity index (χ4v) is 7.56. The fourth-order valence-electron chi connectivity index (χ4n) is 6.93. The van der Waals surface area contributed by atoms with E-state index < -0.39 is 9.84 Å². The van der Waals surface area contributed by atoms with E-state index in [0.29, 0.717) is 11.4 Å². The molecule has 0 bridgehead atoms. The van der Waals surface area contributed by atoms with Gasteiger partial charge in [0.05, 0.1) is 16.4 Å². The van der Waals surface area contributed by atoms with Crippen molar-refractivity contribution >= 4 is 21.7 Å². The van der Waals surface area contributed by atoms with Crippen molar-refractivity contribution in [1.29, 1.82) is 0 Å². The highest BCUT2D eigenvalue weighted by atomic mass is 32.2. The first-order valence-electron chi connectivity index (χ1n) is 15.4. The number of nitrogens with zero attached hydrogens (tertiary/aromatic N) is 2. The van der Waals surface area contributed by atoms with Gasteiger partial charge in [0.15, 0.2) is 9.84 Å². The molecule has 8 heteroatoms. The molecule has 0 radical (unpaired) electrons. The lowest BCUT2D eigenvalue weighted by molar-refractivity contribution is -0.139.